The first-order valence-electron chi connectivity index (χ1n) is 6.48. The largest absolute Gasteiger partial charge is 0.478 e. The number of urea groups is 1. The van der Waals surface area contributed by atoms with Crippen molar-refractivity contribution in [2.45, 2.75) is 20.3 Å². The van der Waals surface area contributed by atoms with Crippen molar-refractivity contribution in [3.05, 3.63) is 29.3 Å². The monoisotopic (exact) mass is 294 g/mol. The number of aryl methyl sites for hydroxylation is 1. The highest BCUT2D eigenvalue weighted by Crippen LogP contribution is 2.16. The first kappa shape index (κ1) is 16.5. The standard InChI is InChI=1S/C14H18N2O5/c1-3-21-12(17)6-7-15-14(20)16-11-8-10(13(18)19)5-4-9(11)2/h4-5,8H,3,6-7H2,1-2H3,(H,18,19)(H2,15,16,20). The predicted octanol–water partition coefficient (Wildman–Crippen LogP) is 1.77. The smallest absolute Gasteiger partial charge is 0.335 e. The molecule has 7 heteroatoms. The number of benzene rings is 1. The number of anilines is 1. The van der Waals surface area contributed by atoms with Crippen LogP contribution < -0.4 is 10.6 Å². The highest BCUT2D eigenvalue weighted by molar-refractivity contribution is 5.94. The summed E-state index contributed by atoms with van der Waals surface area (Å²) in [6, 6.07) is 3.94. The molecule has 0 aliphatic carbocycles. The number of aromatic carboxylic acids is 1. The third-order valence-electron chi connectivity index (χ3n) is 2.65. The summed E-state index contributed by atoms with van der Waals surface area (Å²) in [5.41, 5.74) is 1.23. The lowest BCUT2D eigenvalue weighted by Gasteiger charge is -2.10. The number of carboxylic acid groups (broad SMARTS) is 1. The van der Waals surface area contributed by atoms with Crippen molar-refractivity contribution in [2.24, 2.45) is 0 Å². The molecule has 1 rings (SSSR count). The summed E-state index contributed by atoms with van der Waals surface area (Å²) >= 11 is 0. The minimum Gasteiger partial charge on any atom is -0.478 e. The van der Waals surface area contributed by atoms with E-state index in [1.54, 1.807) is 19.9 Å². The van der Waals surface area contributed by atoms with Crippen molar-refractivity contribution in [1.82, 2.24) is 5.32 Å². The van der Waals surface area contributed by atoms with E-state index in [2.05, 4.69) is 10.6 Å². The maximum atomic E-state index is 11.7. The second kappa shape index (κ2) is 7.88. The minimum absolute atomic E-state index is 0.0788. The van der Waals surface area contributed by atoms with Gasteiger partial charge in [0.2, 0.25) is 0 Å². The number of amides is 2. The Morgan fingerprint density at radius 1 is 1.29 bits per heavy atom. The molecule has 1 aromatic carbocycles. The summed E-state index contributed by atoms with van der Waals surface area (Å²) in [5, 5.41) is 14.0. The van der Waals surface area contributed by atoms with Gasteiger partial charge in [-0.15, -0.1) is 0 Å². The summed E-state index contributed by atoms with van der Waals surface area (Å²) < 4.78 is 4.73. The van der Waals surface area contributed by atoms with E-state index in [4.69, 9.17) is 9.84 Å². The lowest BCUT2D eigenvalue weighted by Crippen LogP contribution is -2.31. The average molecular weight is 294 g/mol. The molecule has 0 aliphatic heterocycles. The predicted molar refractivity (Wildman–Crippen MR) is 76.4 cm³/mol. The number of carbonyl (C=O) groups is 3. The van der Waals surface area contributed by atoms with E-state index in [0.717, 1.165) is 5.56 Å². The van der Waals surface area contributed by atoms with E-state index in [0.29, 0.717) is 12.3 Å². The van der Waals surface area contributed by atoms with E-state index in [9.17, 15) is 14.4 Å². The molecule has 0 heterocycles. The Morgan fingerprint density at radius 3 is 2.62 bits per heavy atom. The first-order valence-corrected chi connectivity index (χ1v) is 6.48. The van der Waals surface area contributed by atoms with Gasteiger partial charge in [-0.2, -0.15) is 0 Å². The van der Waals surface area contributed by atoms with Gasteiger partial charge in [0.25, 0.3) is 0 Å². The molecule has 0 unspecified atom stereocenters. The number of nitrogens with one attached hydrogen (secondary N) is 2. The molecule has 0 atom stereocenters. The van der Waals surface area contributed by atoms with Crippen molar-refractivity contribution in [3.8, 4) is 0 Å². The second-order valence-electron chi connectivity index (χ2n) is 4.27. The van der Waals surface area contributed by atoms with Crippen molar-refractivity contribution in [1.29, 1.82) is 0 Å². The van der Waals surface area contributed by atoms with Gasteiger partial charge < -0.3 is 20.5 Å². The van der Waals surface area contributed by atoms with Gasteiger partial charge in [-0.05, 0) is 31.5 Å². The zero-order valence-electron chi connectivity index (χ0n) is 11.9. The van der Waals surface area contributed by atoms with E-state index in [-0.39, 0.29) is 24.5 Å². The highest BCUT2D eigenvalue weighted by atomic mass is 16.5. The Bertz CT molecular complexity index is 542. The summed E-state index contributed by atoms with van der Waals surface area (Å²) in [5.74, 6) is -1.46. The van der Waals surface area contributed by atoms with Gasteiger partial charge in [-0.25, -0.2) is 9.59 Å². The summed E-state index contributed by atoms with van der Waals surface area (Å²) in [6.45, 7) is 3.89. The molecule has 21 heavy (non-hydrogen) atoms. The fourth-order valence-corrected chi connectivity index (χ4v) is 1.57. The Balaban J connectivity index is 2.53. The zero-order valence-corrected chi connectivity index (χ0v) is 11.9. The van der Waals surface area contributed by atoms with E-state index >= 15 is 0 Å². The third-order valence-corrected chi connectivity index (χ3v) is 2.65. The van der Waals surface area contributed by atoms with Crippen LogP contribution in [0.2, 0.25) is 0 Å². The van der Waals surface area contributed by atoms with Gasteiger partial charge in [0.1, 0.15) is 0 Å². The summed E-state index contributed by atoms with van der Waals surface area (Å²) in [6.07, 6.45) is 0.0788. The van der Waals surface area contributed by atoms with Crippen LogP contribution in [0.3, 0.4) is 0 Å². The van der Waals surface area contributed by atoms with Gasteiger partial charge in [-0.3, -0.25) is 4.79 Å². The SMILES string of the molecule is CCOC(=O)CCNC(=O)Nc1cc(C(=O)O)ccc1C. The first-order chi connectivity index (χ1) is 9.93. The van der Waals surface area contributed by atoms with Crippen LogP contribution in [0.1, 0.15) is 29.3 Å². The molecule has 0 aromatic heterocycles. The van der Waals surface area contributed by atoms with Gasteiger partial charge >= 0.3 is 18.0 Å². The number of rotatable bonds is 6. The fourth-order valence-electron chi connectivity index (χ4n) is 1.57. The maximum Gasteiger partial charge on any atom is 0.335 e. The molecular weight excluding hydrogens is 276 g/mol. The highest BCUT2D eigenvalue weighted by Gasteiger charge is 2.09. The molecule has 0 saturated carbocycles. The molecule has 0 saturated heterocycles. The van der Waals surface area contributed by atoms with Gasteiger partial charge in [0, 0.05) is 12.2 Å². The van der Waals surface area contributed by atoms with Crippen LogP contribution in [0.25, 0.3) is 0 Å². The molecule has 0 fully saturated rings. The number of hydrogen-bond donors (Lipinski definition) is 3. The van der Waals surface area contributed by atoms with Gasteiger partial charge in [0.05, 0.1) is 18.6 Å². The van der Waals surface area contributed by atoms with E-state index < -0.39 is 12.0 Å². The van der Waals surface area contributed by atoms with Crippen molar-refractivity contribution in [3.63, 3.8) is 0 Å². The molecule has 1 aromatic rings. The van der Waals surface area contributed by atoms with Crippen LogP contribution in [0.15, 0.2) is 18.2 Å². The van der Waals surface area contributed by atoms with E-state index in [1.165, 1.54) is 12.1 Å². The lowest BCUT2D eigenvalue weighted by molar-refractivity contribution is -0.142. The average Bonchev–Trinajstić information content (AvgIpc) is 2.41. The molecule has 7 nitrogen and oxygen atoms in total. The van der Waals surface area contributed by atoms with Crippen LogP contribution in [0, 0.1) is 6.92 Å². The van der Waals surface area contributed by atoms with Crippen LogP contribution in [0.4, 0.5) is 10.5 Å². The summed E-state index contributed by atoms with van der Waals surface area (Å²) in [7, 11) is 0. The molecule has 0 spiro atoms. The number of carboxylic acids is 1. The number of esters is 1. The second-order valence-corrected chi connectivity index (χ2v) is 4.27. The Morgan fingerprint density at radius 2 is 2.00 bits per heavy atom. The lowest BCUT2D eigenvalue weighted by atomic mass is 10.1. The maximum absolute atomic E-state index is 11.7. The van der Waals surface area contributed by atoms with Crippen LogP contribution in [0.5, 0.6) is 0 Å². The topological polar surface area (TPSA) is 105 Å². The molecule has 3 N–H and O–H groups in total. The number of hydrogen-bond acceptors (Lipinski definition) is 4. The summed E-state index contributed by atoms with van der Waals surface area (Å²) in [4.78, 5) is 33.6. The van der Waals surface area contributed by atoms with Gasteiger partial charge in [0.15, 0.2) is 0 Å². The molecule has 0 radical (unpaired) electrons. The normalized spacial score (nSPS) is 9.81. The van der Waals surface area contributed by atoms with Crippen molar-refractivity contribution >= 4 is 23.7 Å². The molecule has 2 amide bonds. The quantitative estimate of drug-likeness (QED) is 0.693. The molecule has 0 bridgehead atoms. The van der Waals surface area contributed by atoms with Crippen molar-refractivity contribution in [2.75, 3.05) is 18.5 Å². The van der Waals surface area contributed by atoms with E-state index in [1.807, 2.05) is 0 Å². The Kier molecular flexibility index (Phi) is 6.19. The van der Waals surface area contributed by atoms with Crippen molar-refractivity contribution < 1.29 is 24.2 Å². The minimum atomic E-state index is -1.07. The number of ether oxygens (including phenoxy) is 1. The van der Waals surface area contributed by atoms with Crippen LogP contribution in [-0.4, -0.2) is 36.2 Å². The number of carbonyl (C=O) groups excluding carboxylic acids is 2. The Labute approximate surface area is 122 Å². The fraction of sp³-hybridized carbons (Fsp3) is 0.357. The van der Waals surface area contributed by atoms with Crippen LogP contribution in [-0.2, 0) is 9.53 Å². The third kappa shape index (κ3) is 5.52. The van der Waals surface area contributed by atoms with Crippen LogP contribution >= 0.6 is 0 Å². The molecule has 114 valence electrons. The van der Waals surface area contributed by atoms with Gasteiger partial charge in [-0.1, -0.05) is 6.07 Å². The Hall–Kier alpha value is -2.57. The molecule has 0 aliphatic rings. The zero-order chi connectivity index (χ0) is 15.8. The molecular formula is C14H18N2O5.